The molecule has 1 aliphatic rings. The van der Waals surface area contributed by atoms with Crippen molar-refractivity contribution >= 4 is 66.4 Å². The van der Waals surface area contributed by atoms with Gasteiger partial charge < -0.3 is 23.0 Å². The average Bonchev–Trinajstić information content (AvgIpc) is 3.37. The number of imidazole rings is 1. The number of carbonyl (C=O) groups excluding carboxylic acids is 1. The Labute approximate surface area is 211 Å². The fraction of sp³-hybridized carbons (Fsp3) is 0.333. The normalized spacial score (nSPS) is 18.6. The van der Waals surface area contributed by atoms with Crippen LogP contribution in [-0.2, 0) is 9.53 Å². The van der Waals surface area contributed by atoms with Crippen molar-refractivity contribution in [2.24, 2.45) is 0 Å². The van der Waals surface area contributed by atoms with Crippen LogP contribution in [0, 0.1) is 0 Å². The molecule has 0 aliphatic heterocycles. The van der Waals surface area contributed by atoms with E-state index in [-0.39, 0.29) is 52.6 Å². The molecule has 5 rings (SSSR count). The number of fused-ring (bicyclic) bond motifs is 2. The quantitative estimate of drug-likeness (QED) is 0.356. The number of ether oxygens (including phenoxy) is 2. The van der Waals surface area contributed by atoms with Gasteiger partial charge in [-0.2, -0.15) is 5.10 Å². The number of anilines is 1. The van der Waals surface area contributed by atoms with Crippen molar-refractivity contribution in [3.8, 4) is 17.1 Å². The number of aromatic amines is 1. The minimum absolute atomic E-state index is 0. The van der Waals surface area contributed by atoms with Crippen molar-refractivity contribution in [1.29, 1.82) is 0 Å². The maximum absolute atomic E-state index is 10.6. The van der Waals surface area contributed by atoms with Gasteiger partial charge in [0.1, 0.15) is 35.2 Å². The summed E-state index contributed by atoms with van der Waals surface area (Å²) in [5, 5.41) is 5.47. The second-order valence-electron chi connectivity index (χ2n) is 7.54. The van der Waals surface area contributed by atoms with E-state index in [0.717, 1.165) is 53.9 Å². The van der Waals surface area contributed by atoms with Gasteiger partial charge in [0.15, 0.2) is 5.82 Å². The molecule has 4 aromatic rings. The Morgan fingerprint density at radius 1 is 1.29 bits per heavy atom. The van der Waals surface area contributed by atoms with Crippen molar-refractivity contribution in [3.05, 3.63) is 36.4 Å². The number of H-pyrrole nitrogens is 1. The van der Waals surface area contributed by atoms with E-state index >= 15 is 0 Å². The molecule has 0 saturated heterocycles. The predicted molar refractivity (Wildman–Crippen MR) is 119 cm³/mol. The van der Waals surface area contributed by atoms with Crippen molar-refractivity contribution in [2.75, 3.05) is 12.8 Å². The molecule has 0 spiro atoms. The third-order valence-corrected chi connectivity index (χ3v) is 5.87. The first-order valence-electron chi connectivity index (χ1n) is 9.94. The number of nitrogens with zero attached hydrogens (tertiary/aromatic N) is 4. The van der Waals surface area contributed by atoms with Crippen molar-refractivity contribution < 1.29 is 17.1 Å². The molecule has 0 atom stereocenters. The number of carbonyl (C=O) groups is 1. The molecule has 0 bridgehead atoms. The van der Waals surface area contributed by atoms with Gasteiger partial charge in [0.05, 0.1) is 18.3 Å². The minimum Gasteiger partial charge on any atom is -1.00 e. The third kappa shape index (κ3) is 3.86. The van der Waals surface area contributed by atoms with E-state index in [0.29, 0.717) is 23.5 Å². The zero-order valence-corrected chi connectivity index (χ0v) is 19.5. The van der Waals surface area contributed by atoms with Crippen LogP contribution in [0.1, 0.15) is 40.3 Å². The van der Waals surface area contributed by atoms with Crippen LogP contribution in [0.5, 0.6) is 5.75 Å². The van der Waals surface area contributed by atoms with Crippen LogP contribution in [0.3, 0.4) is 0 Å². The molecule has 158 valence electrons. The summed E-state index contributed by atoms with van der Waals surface area (Å²) in [5.74, 6) is 2.19. The van der Waals surface area contributed by atoms with Crippen LogP contribution in [0.2, 0.25) is 0 Å². The molecule has 3 aromatic heterocycles. The molecule has 3 N–H and O–H groups in total. The van der Waals surface area contributed by atoms with Crippen molar-refractivity contribution in [1.82, 2.24) is 24.6 Å². The molecule has 1 saturated carbocycles. The van der Waals surface area contributed by atoms with Gasteiger partial charge in [0, 0.05) is 11.3 Å². The molecule has 3 heterocycles. The van der Waals surface area contributed by atoms with Gasteiger partial charge in [0.25, 0.3) is 6.47 Å². The zero-order valence-electron chi connectivity index (χ0n) is 19.2. The van der Waals surface area contributed by atoms with E-state index in [2.05, 4.69) is 15.1 Å². The van der Waals surface area contributed by atoms with Gasteiger partial charge in [-0.15, -0.1) is 0 Å². The molecule has 0 radical (unpaired) electrons. The van der Waals surface area contributed by atoms with E-state index in [1.807, 2.05) is 24.3 Å². The second kappa shape index (κ2) is 9.02. The van der Waals surface area contributed by atoms with Gasteiger partial charge in [-0.25, -0.2) is 14.5 Å². The van der Waals surface area contributed by atoms with E-state index in [9.17, 15) is 4.79 Å². The zero-order chi connectivity index (χ0) is 20.7. The summed E-state index contributed by atoms with van der Waals surface area (Å²) in [6, 6.07) is 7.92. The number of benzene rings is 1. The van der Waals surface area contributed by atoms with Crippen LogP contribution < -0.4 is 10.5 Å². The maximum Gasteiger partial charge on any atom is 2.00 e. The number of para-hydroxylation sites is 1. The largest absolute Gasteiger partial charge is 2.00 e. The summed E-state index contributed by atoms with van der Waals surface area (Å²) in [7, 11) is 1.65. The summed E-state index contributed by atoms with van der Waals surface area (Å²) < 4.78 is 12.4. The van der Waals surface area contributed by atoms with E-state index in [1.165, 1.54) is 6.33 Å². The first-order chi connectivity index (χ1) is 14.7. The van der Waals surface area contributed by atoms with Gasteiger partial charge in [-0.05, 0) is 37.8 Å². The average molecular weight is 449 g/mol. The number of nitrogens with one attached hydrogen (secondary N) is 1. The molecule has 31 heavy (non-hydrogen) atoms. The smallest absolute Gasteiger partial charge is 1.00 e. The predicted octanol–water partition coefficient (Wildman–Crippen LogP) is 2.91. The third-order valence-electron chi connectivity index (χ3n) is 5.87. The number of aromatic nitrogens is 5. The molecule has 1 aliphatic carbocycles. The topological polar surface area (TPSA) is 120 Å². The summed E-state index contributed by atoms with van der Waals surface area (Å²) in [6.07, 6.45) is 4.76. The summed E-state index contributed by atoms with van der Waals surface area (Å²) in [4.78, 5) is 23.2. The Bertz CT molecular complexity index is 1240. The summed E-state index contributed by atoms with van der Waals surface area (Å²) >= 11 is 0. The Morgan fingerprint density at radius 3 is 2.84 bits per heavy atom. The SMILES string of the molecule is COc1cccc2cc(-c3nc(C4CCC(OC=O)CC4)n4ncnc(N)c34)[nH]c12.[Ca+2].[H-].[H-]. The monoisotopic (exact) mass is 448 g/mol. The number of hydrogen-bond acceptors (Lipinski definition) is 7. The minimum atomic E-state index is -0.0229. The Balaban J connectivity index is 0.00000128. The molecular weight excluding hydrogens is 424 g/mol. The van der Waals surface area contributed by atoms with Crippen LogP contribution in [0.15, 0.2) is 30.6 Å². The van der Waals surface area contributed by atoms with Crippen molar-refractivity contribution in [2.45, 2.75) is 37.7 Å². The molecule has 0 amide bonds. The van der Waals surface area contributed by atoms with Crippen LogP contribution in [-0.4, -0.2) is 82.0 Å². The first-order valence-corrected chi connectivity index (χ1v) is 9.94. The van der Waals surface area contributed by atoms with Gasteiger partial charge in [-0.1, -0.05) is 12.1 Å². The molecular formula is C21H24CaN6O3. The number of nitrogens with two attached hydrogens (primary N) is 1. The fourth-order valence-corrected chi connectivity index (χ4v) is 4.39. The van der Waals surface area contributed by atoms with Crippen LogP contribution in [0.25, 0.3) is 27.8 Å². The van der Waals surface area contributed by atoms with Gasteiger partial charge in [-0.3, -0.25) is 4.79 Å². The number of nitrogen functional groups attached to an aromatic ring is 1. The van der Waals surface area contributed by atoms with Crippen LogP contribution >= 0.6 is 0 Å². The van der Waals surface area contributed by atoms with E-state index < -0.39 is 0 Å². The maximum atomic E-state index is 10.6. The van der Waals surface area contributed by atoms with Crippen molar-refractivity contribution in [3.63, 3.8) is 0 Å². The van der Waals surface area contributed by atoms with Gasteiger partial charge >= 0.3 is 37.7 Å². The van der Waals surface area contributed by atoms with E-state index in [1.54, 1.807) is 11.6 Å². The Hall–Kier alpha value is -2.36. The number of methoxy groups -OCH3 is 1. The second-order valence-corrected chi connectivity index (χ2v) is 7.54. The molecule has 0 unspecified atom stereocenters. The summed E-state index contributed by atoms with van der Waals surface area (Å²) in [6.45, 7) is 0.534. The number of hydrogen-bond donors (Lipinski definition) is 2. The first kappa shape index (κ1) is 21.9. The van der Waals surface area contributed by atoms with Gasteiger partial charge in [0.2, 0.25) is 0 Å². The fourth-order valence-electron chi connectivity index (χ4n) is 4.39. The van der Waals surface area contributed by atoms with Crippen LogP contribution in [0.4, 0.5) is 5.82 Å². The Morgan fingerprint density at radius 2 is 2.10 bits per heavy atom. The number of rotatable bonds is 5. The molecule has 9 nitrogen and oxygen atoms in total. The molecule has 1 fully saturated rings. The van der Waals surface area contributed by atoms with E-state index in [4.69, 9.17) is 20.2 Å². The summed E-state index contributed by atoms with van der Waals surface area (Å²) in [5.41, 5.74) is 9.37. The standard InChI is InChI=1S/C21H22N6O3.Ca.2H/c1-29-16-4-2-3-13-9-15(25-17(13)16)18-19-20(22)23-10-24-27(19)21(26-18)12-5-7-14(8-6-12)30-11-28;;;/h2-4,9-12,14,25H,5-8H2,1H3,(H2,22,23,24);;;/q;+2;2*-1. The Kier molecular flexibility index (Phi) is 6.36. The molecule has 1 aromatic carbocycles. The molecule has 10 heteroatoms.